The Morgan fingerprint density at radius 2 is 1.60 bits per heavy atom. The summed E-state index contributed by atoms with van der Waals surface area (Å²) in [5.74, 6) is 0.103. The maximum atomic E-state index is 11.8. The number of carbonyl (C=O) groups is 2. The van der Waals surface area contributed by atoms with Crippen LogP contribution in [0.1, 0.15) is 51.9 Å². The van der Waals surface area contributed by atoms with Crippen molar-refractivity contribution in [2.24, 2.45) is 5.41 Å². The zero-order valence-electron chi connectivity index (χ0n) is 9.42. The molecule has 2 aliphatic rings. The van der Waals surface area contributed by atoms with Crippen molar-refractivity contribution in [1.29, 1.82) is 0 Å². The van der Waals surface area contributed by atoms with Gasteiger partial charge in [0, 0.05) is 19.4 Å². The van der Waals surface area contributed by atoms with Crippen molar-refractivity contribution in [2.75, 3.05) is 6.54 Å². The molecule has 3 heteroatoms. The predicted octanol–water partition coefficient (Wildman–Crippen LogP) is 2.11. The van der Waals surface area contributed by atoms with E-state index in [1.807, 2.05) is 6.92 Å². The van der Waals surface area contributed by atoms with Gasteiger partial charge in [0.1, 0.15) is 0 Å². The lowest BCUT2D eigenvalue weighted by Crippen LogP contribution is -2.48. The van der Waals surface area contributed by atoms with Crippen LogP contribution in [-0.4, -0.2) is 23.3 Å². The van der Waals surface area contributed by atoms with E-state index in [1.54, 1.807) is 0 Å². The van der Waals surface area contributed by atoms with Gasteiger partial charge in [0.2, 0.25) is 11.8 Å². The third-order valence-corrected chi connectivity index (χ3v) is 3.88. The Labute approximate surface area is 90.8 Å². The number of carbonyl (C=O) groups excluding carboxylic acids is 2. The minimum atomic E-state index is 0.0398. The fourth-order valence-electron chi connectivity index (χ4n) is 3.04. The van der Waals surface area contributed by atoms with Crippen molar-refractivity contribution in [3.05, 3.63) is 0 Å². The number of nitrogens with zero attached hydrogens (tertiary/aromatic N) is 1. The lowest BCUT2D eigenvalue weighted by atomic mass is 9.67. The van der Waals surface area contributed by atoms with Gasteiger partial charge in [-0.1, -0.05) is 19.3 Å². The fraction of sp³-hybridized carbons (Fsp3) is 0.833. The molecular formula is C12H19NO2. The maximum Gasteiger partial charge on any atom is 0.229 e. The second-order valence-corrected chi connectivity index (χ2v) is 4.95. The van der Waals surface area contributed by atoms with Crippen LogP contribution < -0.4 is 0 Å². The molecule has 3 nitrogen and oxygen atoms in total. The van der Waals surface area contributed by atoms with Crippen molar-refractivity contribution in [2.45, 2.75) is 51.9 Å². The van der Waals surface area contributed by atoms with Crippen molar-refractivity contribution < 1.29 is 9.59 Å². The molecule has 0 unspecified atom stereocenters. The van der Waals surface area contributed by atoms with Gasteiger partial charge in [-0.25, -0.2) is 0 Å². The monoisotopic (exact) mass is 209 g/mol. The third kappa shape index (κ3) is 1.92. The number of piperidine rings is 1. The molecule has 1 heterocycles. The van der Waals surface area contributed by atoms with E-state index in [0.29, 0.717) is 19.4 Å². The summed E-state index contributed by atoms with van der Waals surface area (Å²) >= 11 is 0. The first-order valence-corrected chi connectivity index (χ1v) is 6.00. The SMILES string of the molecule is CCN1C(=O)CC2(CCCCC2)CC1=O. The molecule has 1 saturated heterocycles. The first kappa shape index (κ1) is 10.7. The highest BCUT2D eigenvalue weighted by molar-refractivity contribution is 5.98. The van der Waals surface area contributed by atoms with Crippen molar-refractivity contribution >= 4 is 11.8 Å². The maximum absolute atomic E-state index is 11.8. The number of imide groups is 1. The highest BCUT2D eigenvalue weighted by Gasteiger charge is 2.43. The van der Waals surface area contributed by atoms with E-state index in [-0.39, 0.29) is 17.2 Å². The van der Waals surface area contributed by atoms with Crippen LogP contribution in [0, 0.1) is 5.41 Å². The van der Waals surface area contributed by atoms with Gasteiger partial charge in [-0.05, 0) is 25.2 Å². The molecule has 0 bridgehead atoms. The summed E-state index contributed by atoms with van der Waals surface area (Å²) in [5.41, 5.74) is 0.0398. The molecule has 2 amide bonds. The molecule has 15 heavy (non-hydrogen) atoms. The first-order valence-electron chi connectivity index (χ1n) is 6.00. The average molecular weight is 209 g/mol. The van der Waals surface area contributed by atoms with Gasteiger partial charge in [0.05, 0.1) is 0 Å². The Kier molecular flexibility index (Phi) is 2.81. The van der Waals surface area contributed by atoms with Crippen molar-refractivity contribution in [3.63, 3.8) is 0 Å². The zero-order chi connectivity index (χ0) is 10.9. The molecule has 0 aromatic carbocycles. The molecular weight excluding hydrogens is 190 g/mol. The highest BCUT2D eigenvalue weighted by Crippen LogP contribution is 2.45. The first-order chi connectivity index (χ1) is 7.17. The van der Waals surface area contributed by atoms with E-state index >= 15 is 0 Å². The lowest BCUT2D eigenvalue weighted by molar-refractivity contribution is -0.154. The lowest BCUT2D eigenvalue weighted by Gasteiger charge is -2.42. The molecule has 0 radical (unpaired) electrons. The molecule has 2 rings (SSSR count). The topological polar surface area (TPSA) is 37.4 Å². The molecule has 0 atom stereocenters. The van der Waals surface area contributed by atoms with Gasteiger partial charge in [0.15, 0.2) is 0 Å². The number of hydrogen-bond acceptors (Lipinski definition) is 2. The van der Waals surface area contributed by atoms with Gasteiger partial charge in [0.25, 0.3) is 0 Å². The summed E-state index contributed by atoms with van der Waals surface area (Å²) in [6.45, 7) is 2.41. The van der Waals surface area contributed by atoms with Crippen LogP contribution in [0.5, 0.6) is 0 Å². The number of likely N-dealkylation sites (tertiary alicyclic amines) is 1. The molecule has 1 spiro atoms. The summed E-state index contributed by atoms with van der Waals surface area (Å²) < 4.78 is 0. The highest BCUT2D eigenvalue weighted by atomic mass is 16.2. The summed E-state index contributed by atoms with van der Waals surface area (Å²) in [6, 6.07) is 0. The molecule has 1 aliphatic heterocycles. The Hall–Kier alpha value is -0.860. The van der Waals surface area contributed by atoms with Crippen LogP contribution in [0.2, 0.25) is 0 Å². The van der Waals surface area contributed by atoms with E-state index in [4.69, 9.17) is 0 Å². The number of hydrogen-bond donors (Lipinski definition) is 0. The van der Waals surface area contributed by atoms with Gasteiger partial charge in [-0.15, -0.1) is 0 Å². The van der Waals surface area contributed by atoms with Crippen molar-refractivity contribution in [3.8, 4) is 0 Å². The van der Waals surface area contributed by atoms with Gasteiger partial charge >= 0.3 is 0 Å². The predicted molar refractivity (Wildman–Crippen MR) is 57.1 cm³/mol. The number of amides is 2. The van der Waals surface area contributed by atoms with Gasteiger partial charge in [-0.3, -0.25) is 14.5 Å². The Bertz CT molecular complexity index is 259. The third-order valence-electron chi connectivity index (χ3n) is 3.88. The van der Waals surface area contributed by atoms with E-state index in [0.717, 1.165) is 12.8 Å². The summed E-state index contributed by atoms with van der Waals surface area (Å²) in [6.07, 6.45) is 6.99. The molecule has 1 aliphatic carbocycles. The number of rotatable bonds is 1. The van der Waals surface area contributed by atoms with Crippen LogP contribution >= 0.6 is 0 Å². The zero-order valence-corrected chi connectivity index (χ0v) is 9.42. The second kappa shape index (κ2) is 3.95. The summed E-state index contributed by atoms with van der Waals surface area (Å²) in [7, 11) is 0. The van der Waals surface area contributed by atoms with Crippen molar-refractivity contribution in [1.82, 2.24) is 4.90 Å². The Morgan fingerprint density at radius 3 is 2.07 bits per heavy atom. The minimum Gasteiger partial charge on any atom is -0.283 e. The second-order valence-electron chi connectivity index (χ2n) is 4.95. The minimum absolute atomic E-state index is 0.0398. The van der Waals surface area contributed by atoms with E-state index in [9.17, 15) is 9.59 Å². The molecule has 84 valence electrons. The normalized spacial score (nSPS) is 26.1. The van der Waals surface area contributed by atoms with Crippen LogP contribution in [0.25, 0.3) is 0 Å². The van der Waals surface area contributed by atoms with Gasteiger partial charge < -0.3 is 0 Å². The van der Waals surface area contributed by atoms with Gasteiger partial charge in [-0.2, -0.15) is 0 Å². The summed E-state index contributed by atoms with van der Waals surface area (Å²) in [5, 5.41) is 0. The molecule has 0 aromatic rings. The van der Waals surface area contributed by atoms with Crippen LogP contribution in [0.4, 0.5) is 0 Å². The van der Waals surface area contributed by atoms with E-state index in [2.05, 4.69) is 0 Å². The van der Waals surface area contributed by atoms with Crippen LogP contribution in [-0.2, 0) is 9.59 Å². The molecule has 0 N–H and O–H groups in total. The standard InChI is InChI=1S/C12H19NO2/c1-2-13-10(14)8-12(9-11(13)15)6-4-3-5-7-12/h2-9H2,1H3. The Balaban J connectivity index is 2.12. The van der Waals surface area contributed by atoms with E-state index < -0.39 is 0 Å². The Morgan fingerprint density at radius 1 is 1.07 bits per heavy atom. The van der Waals surface area contributed by atoms with Crippen LogP contribution in [0.3, 0.4) is 0 Å². The van der Waals surface area contributed by atoms with Crippen LogP contribution in [0.15, 0.2) is 0 Å². The largest absolute Gasteiger partial charge is 0.283 e. The molecule has 0 aromatic heterocycles. The smallest absolute Gasteiger partial charge is 0.229 e. The summed E-state index contributed by atoms with van der Waals surface area (Å²) in [4.78, 5) is 25.0. The van der Waals surface area contributed by atoms with E-state index in [1.165, 1.54) is 24.2 Å². The average Bonchev–Trinajstić information content (AvgIpc) is 2.18. The molecule has 2 fully saturated rings. The quantitative estimate of drug-likeness (QED) is 0.620. The molecule has 1 saturated carbocycles. The fourth-order valence-corrected chi connectivity index (χ4v) is 3.04.